The zero-order chi connectivity index (χ0) is 15.6. The lowest BCUT2D eigenvalue weighted by Crippen LogP contribution is -2.20. The molecule has 0 unspecified atom stereocenters. The van der Waals surface area contributed by atoms with Crippen LogP contribution in [0.3, 0.4) is 0 Å². The Balaban J connectivity index is 1.81. The second-order valence-corrected chi connectivity index (χ2v) is 5.83. The summed E-state index contributed by atoms with van der Waals surface area (Å²) in [4.78, 5) is 28.2. The van der Waals surface area contributed by atoms with Crippen molar-refractivity contribution in [2.45, 2.75) is 31.7 Å². The summed E-state index contributed by atoms with van der Waals surface area (Å²) in [5.74, 6) is 0.508. The number of hydrogen-bond donors (Lipinski definition) is 2. The molecule has 1 saturated carbocycles. The molecule has 1 fully saturated rings. The summed E-state index contributed by atoms with van der Waals surface area (Å²) < 4.78 is 0. The van der Waals surface area contributed by atoms with Gasteiger partial charge in [-0.3, -0.25) is 14.8 Å². The Morgan fingerprint density at radius 3 is 2.65 bits per heavy atom. The fourth-order valence-corrected chi connectivity index (χ4v) is 3.17. The zero-order valence-corrected chi connectivity index (χ0v) is 12.6. The highest BCUT2D eigenvalue weighted by Gasteiger charge is 2.17. The van der Waals surface area contributed by atoms with E-state index in [9.17, 15) is 4.79 Å². The molecule has 0 aliphatic heterocycles. The largest absolute Gasteiger partial charge is 0.353 e. The Morgan fingerprint density at radius 2 is 1.87 bits per heavy atom. The number of hydrogen-bond acceptors (Lipinski definition) is 5. The third kappa shape index (κ3) is 2.67. The molecule has 0 spiro atoms. The molecule has 3 heterocycles. The molecule has 0 radical (unpaired) electrons. The Morgan fingerprint density at radius 1 is 1.09 bits per heavy atom. The van der Waals surface area contributed by atoms with E-state index in [1.807, 2.05) is 18.2 Å². The minimum atomic E-state index is -0.171. The molecular weight excluding hydrogens is 290 g/mol. The van der Waals surface area contributed by atoms with Crippen molar-refractivity contribution in [3.63, 3.8) is 0 Å². The maximum atomic E-state index is 12.6. The van der Waals surface area contributed by atoms with Gasteiger partial charge in [0.05, 0.1) is 5.39 Å². The molecule has 23 heavy (non-hydrogen) atoms. The summed E-state index contributed by atoms with van der Waals surface area (Å²) in [6.45, 7) is 0. The molecule has 1 aliphatic rings. The highest BCUT2D eigenvalue weighted by atomic mass is 16.1. The molecule has 0 aromatic carbocycles. The molecule has 3 aromatic heterocycles. The average Bonchev–Trinajstić information content (AvgIpc) is 3.08. The van der Waals surface area contributed by atoms with Crippen molar-refractivity contribution >= 4 is 17.0 Å². The summed E-state index contributed by atoms with van der Waals surface area (Å²) in [7, 11) is 0. The van der Waals surface area contributed by atoms with Gasteiger partial charge in [-0.05, 0) is 42.2 Å². The molecule has 6 heteroatoms. The van der Waals surface area contributed by atoms with Crippen LogP contribution in [0.15, 0.2) is 41.6 Å². The van der Waals surface area contributed by atoms with E-state index in [2.05, 4.69) is 25.3 Å². The summed E-state index contributed by atoms with van der Waals surface area (Å²) in [6.07, 6.45) is 9.78. The highest BCUT2D eigenvalue weighted by molar-refractivity contribution is 5.91. The first kappa shape index (κ1) is 13.9. The smallest absolute Gasteiger partial charge is 0.262 e. The molecule has 6 nitrogen and oxygen atoms in total. The number of fused-ring (bicyclic) bond motifs is 1. The van der Waals surface area contributed by atoms with Crippen LogP contribution < -0.4 is 10.9 Å². The molecule has 0 atom stereocenters. The highest BCUT2D eigenvalue weighted by Crippen LogP contribution is 2.25. The van der Waals surface area contributed by atoms with E-state index in [0.29, 0.717) is 23.0 Å². The lowest BCUT2D eigenvalue weighted by Gasteiger charge is -2.13. The van der Waals surface area contributed by atoms with Crippen molar-refractivity contribution < 1.29 is 0 Å². The number of aromatic nitrogens is 4. The quantitative estimate of drug-likeness (QED) is 0.777. The van der Waals surface area contributed by atoms with Gasteiger partial charge in [0.15, 0.2) is 5.65 Å². The Bertz CT molecular complexity index is 884. The molecule has 2 N–H and O–H groups in total. The molecule has 4 rings (SSSR count). The maximum absolute atomic E-state index is 12.6. The third-order valence-electron chi connectivity index (χ3n) is 4.30. The Labute approximate surface area is 133 Å². The van der Waals surface area contributed by atoms with Crippen molar-refractivity contribution in [3.05, 3.63) is 47.1 Å². The van der Waals surface area contributed by atoms with Gasteiger partial charge in [0.2, 0.25) is 5.95 Å². The van der Waals surface area contributed by atoms with E-state index < -0.39 is 0 Å². The molecule has 3 aromatic rings. The standard InChI is InChI=1S/C17H17N5O/c23-16-14-13(11-5-8-18-9-6-11)7-10-19-15(14)21-17(22-16)20-12-3-1-2-4-12/h5-10,12H,1-4H2,(H2,19,20,21,22,23). The lowest BCUT2D eigenvalue weighted by molar-refractivity contribution is 0.744. The molecule has 1 aliphatic carbocycles. The first-order valence-electron chi connectivity index (χ1n) is 7.87. The van der Waals surface area contributed by atoms with Crippen LogP contribution in [0.1, 0.15) is 25.7 Å². The SMILES string of the molecule is O=c1[nH]c(NC2CCCC2)nc2nccc(-c3ccncc3)c12. The molecule has 0 amide bonds. The van der Waals surface area contributed by atoms with Crippen LogP contribution in [0.4, 0.5) is 5.95 Å². The zero-order valence-electron chi connectivity index (χ0n) is 12.6. The molecule has 0 saturated heterocycles. The van der Waals surface area contributed by atoms with Crippen molar-refractivity contribution in [2.75, 3.05) is 5.32 Å². The number of pyridine rings is 2. The van der Waals surface area contributed by atoms with E-state index in [-0.39, 0.29) is 5.56 Å². The van der Waals surface area contributed by atoms with Gasteiger partial charge < -0.3 is 5.32 Å². The van der Waals surface area contributed by atoms with Crippen LogP contribution in [0, 0.1) is 0 Å². The topological polar surface area (TPSA) is 83.6 Å². The van der Waals surface area contributed by atoms with Gasteiger partial charge in [0, 0.05) is 24.6 Å². The van der Waals surface area contributed by atoms with Gasteiger partial charge in [0.1, 0.15) is 0 Å². The van der Waals surface area contributed by atoms with Gasteiger partial charge >= 0.3 is 0 Å². The second-order valence-electron chi connectivity index (χ2n) is 5.83. The molecule has 0 bridgehead atoms. The number of aromatic amines is 1. The minimum absolute atomic E-state index is 0.171. The molecular formula is C17H17N5O. The number of H-pyrrole nitrogens is 1. The monoisotopic (exact) mass is 307 g/mol. The Hall–Kier alpha value is -2.76. The predicted molar refractivity (Wildman–Crippen MR) is 89.3 cm³/mol. The van der Waals surface area contributed by atoms with E-state index in [1.54, 1.807) is 18.6 Å². The second kappa shape index (κ2) is 5.79. The van der Waals surface area contributed by atoms with Gasteiger partial charge in [-0.2, -0.15) is 4.98 Å². The number of nitrogens with one attached hydrogen (secondary N) is 2. The van der Waals surface area contributed by atoms with Crippen LogP contribution in [0.5, 0.6) is 0 Å². The van der Waals surface area contributed by atoms with E-state index >= 15 is 0 Å². The summed E-state index contributed by atoms with van der Waals surface area (Å²) >= 11 is 0. The number of anilines is 1. The van der Waals surface area contributed by atoms with Crippen LogP contribution in [-0.2, 0) is 0 Å². The first-order chi connectivity index (χ1) is 11.3. The van der Waals surface area contributed by atoms with Gasteiger partial charge in [-0.15, -0.1) is 0 Å². The third-order valence-corrected chi connectivity index (χ3v) is 4.30. The summed E-state index contributed by atoms with van der Waals surface area (Å²) in [6, 6.07) is 5.97. The normalized spacial score (nSPS) is 15.1. The van der Waals surface area contributed by atoms with Crippen molar-refractivity contribution in [1.82, 2.24) is 19.9 Å². The summed E-state index contributed by atoms with van der Waals surface area (Å²) in [5, 5.41) is 3.83. The Kier molecular flexibility index (Phi) is 3.49. The van der Waals surface area contributed by atoms with Crippen LogP contribution in [0.2, 0.25) is 0 Å². The van der Waals surface area contributed by atoms with Gasteiger partial charge in [-0.1, -0.05) is 12.8 Å². The van der Waals surface area contributed by atoms with Crippen molar-refractivity contribution in [2.24, 2.45) is 0 Å². The minimum Gasteiger partial charge on any atom is -0.353 e. The average molecular weight is 307 g/mol. The van der Waals surface area contributed by atoms with Gasteiger partial charge in [-0.25, -0.2) is 4.98 Å². The fraction of sp³-hybridized carbons (Fsp3) is 0.294. The predicted octanol–water partition coefficient (Wildman–Crippen LogP) is 2.73. The lowest BCUT2D eigenvalue weighted by atomic mass is 10.1. The van der Waals surface area contributed by atoms with E-state index in [0.717, 1.165) is 24.0 Å². The van der Waals surface area contributed by atoms with Crippen LogP contribution >= 0.6 is 0 Å². The van der Waals surface area contributed by atoms with E-state index in [1.165, 1.54) is 12.8 Å². The van der Waals surface area contributed by atoms with Crippen LogP contribution in [0.25, 0.3) is 22.2 Å². The number of rotatable bonds is 3. The maximum Gasteiger partial charge on any atom is 0.262 e. The number of nitrogens with zero attached hydrogens (tertiary/aromatic N) is 3. The van der Waals surface area contributed by atoms with Gasteiger partial charge in [0.25, 0.3) is 5.56 Å². The van der Waals surface area contributed by atoms with Crippen molar-refractivity contribution in [3.8, 4) is 11.1 Å². The summed E-state index contributed by atoms with van der Waals surface area (Å²) in [5.41, 5.74) is 2.04. The van der Waals surface area contributed by atoms with E-state index in [4.69, 9.17) is 0 Å². The fourth-order valence-electron chi connectivity index (χ4n) is 3.17. The molecule has 116 valence electrons. The first-order valence-corrected chi connectivity index (χ1v) is 7.87. The van der Waals surface area contributed by atoms with Crippen molar-refractivity contribution in [1.29, 1.82) is 0 Å². The van der Waals surface area contributed by atoms with Crippen LogP contribution in [-0.4, -0.2) is 26.0 Å².